The summed E-state index contributed by atoms with van der Waals surface area (Å²) in [5.74, 6) is 0.327. The van der Waals surface area contributed by atoms with Crippen LogP contribution in [0.15, 0.2) is 9.42 Å². The van der Waals surface area contributed by atoms with Crippen molar-refractivity contribution >= 4 is 15.9 Å². The predicted molar refractivity (Wildman–Crippen MR) is 93.2 cm³/mol. The molecule has 2 aliphatic heterocycles. The van der Waals surface area contributed by atoms with Crippen LogP contribution in [0.1, 0.15) is 24.3 Å². The van der Waals surface area contributed by atoms with Crippen LogP contribution < -0.4 is 5.32 Å². The standard InChI is InChI=1S/C16H26N4O5S/c1-12-16(13(2)25-18-12)26(22,23)20-6-3-5-19(7-8-20)15(21)10-14-11-24-9-4-17-14/h14,17H,3-11H2,1-2H3. The Hall–Kier alpha value is -1.49. The molecule has 1 amide bonds. The predicted octanol–water partition coefficient (Wildman–Crippen LogP) is -0.107. The Bertz CT molecular complexity index is 722. The number of ether oxygens (including phenoxy) is 1. The van der Waals surface area contributed by atoms with Crippen molar-refractivity contribution in [2.75, 3.05) is 45.9 Å². The molecule has 1 unspecified atom stereocenters. The van der Waals surface area contributed by atoms with Gasteiger partial charge in [0.1, 0.15) is 10.6 Å². The highest BCUT2D eigenvalue weighted by atomic mass is 32.2. The second kappa shape index (κ2) is 8.03. The van der Waals surface area contributed by atoms with Gasteiger partial charge in [0, 0.05) is 45.2 Å². The van der Waals surface area contributed by atoms with Gasteiger partial charge in [-0.1, -0.05) is 5.16 Å². The number of amides is 1. The summed E-state index contributed by atoms with van der Waals surface area (Å²) in [6.45, 7) is 6.76. The minimum absolute atomic E-state index is 0.0293. The van der Waals surface area contributed by atoms with E-state index in [1.165, 1.54) is 4.31 Å². The molecule has 3 heterocycles. The summed E-state index contributed by atoms with van der Waals surface area (Å²) >= 11 is 0. The lowest BCUT2D eigenvalue weighted by atomic mass is 10.1. The Kier molecular flexibility index (Phi) is 5.96. The average Bonchev–Trinajstić information content (AvgIpc) is 2.82. The average molecular weight is 386 g/mol. The van der Waals surface area contributed by atoms with Gasteiger partial charge < -0.3 is 19.5 Å². The molecule has 0 spiro atoms. The van der Waals surface area contributed by atoms with Crippen LogP contribution in [-0.2, 0) is 19.6 Å². The van der Waals surface area contributed by atoms with Gasteiger partial charge in [0.15, 0.2) is 5.76 Å². The highest BCUT2D eigenvalue weighted by Gasteiger charge is 2.33. The van der Waals surface area contributed by atoms with Gasteiger partial charge in [0.25, 0.3) is 0 Å². The minimum atomic E-state index is -3.67. The molecular weight excluding hydrogens is 360 g/mol. The minimum Gasteiger partial charge on any atom is -0.378 e. The molecule has 2 aliphatic rings. The summed E-state index contributed by atoms with van der Waals surface area (Å²) in [4.78, 5) is 14.4. The first-order chi connectivity index (χ1) is 12.4. The largest absolute Gasteiger partial charge is 0.378 e. The fourth-order valence-corrected chi connectivity index (χ4v) is 5.21. The van der Waals surface area contributed by atoms with Gasteiger partial charge >= 0.3 is 0 Å². The van der Waals surface area contributed by atoms with Crippen LogP contribution in [0.25, 0.3) is 0 Å². The molecule has 10 heteroatoms. The maximum Gasteiger partial charge on any atom is 0.248 e. The number of sulfonamides is 1. The SMILES string of the molecule is Cc1noc(C)c1S(=O)(=O)N1CCCN(C(=O)CC2COCCN2)CC1. The lowest BCUT2D eigenvalue weighted by Crippen LogP contribution is -2.45. The number of hydrogen-bond donors (Lipinski definition) is 1. The number of nitrogens with one attached hydrogen (secondary N) is 1. The molecule has 0 radical (unpaired) electrons. The lowest BCUT2D eigenvalue weighted by Gasteiger charge is -2.27. The zero-order valence-corrected chi connectivity index (χ0v) is 16.0. The highest BCUT2D eigenvalue weighted by molar-refractivity contribution is 7.89. The molecule has 0 aromatic carbocycles. The number of rotatable bonds is 4. The number of aromatic nitrogens is 1. The van der Waals surface area contributed by atoms with E-state index in [0.29, 0.717) is 57.1 Å². The van der Waals surface area contributed by atoms with Crippen molar-refractivity contribution in [2.45, 2.75) is 37.6 Å². The Morgan fingerprint density at radius 1 is 1.27 bits per heavy atom. The monoisotopic (exact) mass is 386 g/mol. The van der Waals surface area contributed by atoms with Crippen molar-refractivity contribution in [1.29, 1.82) is 0 Å². The molecule has 0 saturated carbocycles. The first kappa shape index (κ1) is 19.3. The van der Waals surface area contributed by atoms with Crippen LogP contribution in [0.5, 0.6) is 0 Å². The Labute approximate surface area is 153 Å². The third-order valence-corrected chi connectivity index (χ3v) is 6.94. The summed E-state index contributed by atoms with van der Waals surface area (Å²) in [5.41, 5.74) is 0.364. The van der Waals surface area contributed by atoms with Crippen LogP contribution in [0.2, 0.25) is 0 Å². The topological polar surface area (TPSA) is 105 Å². The van der Waals surface area contributed by atoms with Crippen molar-refractivity contribution in [1.82, 2.24) is 19.7 Å². The van der Waals surface area contributed by atoms with E-state index in [4.69, 9.17) is 9.26 Å². The third-order valence-electron chi connectivity index (χ3n) is 4.79. The maximum absolute atomic E-state index is 12.9. The molecule has 2 saturated heterocycles. The molecular formula is C16H26N4O5S. The van der Waals surface area contributed by atoms with Gasteiger partial charge in [-0.25, -0.2) is 8.42 Å². The van der Waals surface area contributed by atoms with Crippen LogP contribution in [0.4, 0.5) is 0 Å². The van der Waals surface area contributed by atoms with Gasteiger partial charge in [-0.15, -0.1) is 0 Å². The molecule has 26 heavy (non-hydrogen) atoms. The van der Waals surface area contributed by atoms with E-state index >= 15 is 0 Å². The Balaban J connectivity index is 1.63. The Morgan fingerprint density at radius 2 is 2.08 bits per heavy atom. The van der Waals surface area contributed by atoms with Gasteiger partial charge in [-0.3, -0.25) is 4.79 Å². The fraction of sp³-hybridized carbons (Fsp3) is 0.750. The number of carbonyl (C=O) groups is 1. The van der Waals surface area contributed by atoms with E-state index in [2.05, 4.69) is 10.5 Å². The van der Waals surface area contributed by atoms with E-state index in [0.717, 1.165) is 6.54 Å². The van der Waals surface area contributed by atoms with E-state index < -0.39 is 10.0 Å². The Morgan fingerprint density at radius 3 is 2.73 bits per heavy atom. The van der Waals surface area contributed by atoms with E-state index in [1.807, 2.05) is 0 Å². The fourth-order valence-electron chi connectivity index (χ4n) is 3.45. The zero-order valence-electron chi connectivity index (χ0n) is 15.2. The van der Waals surface area contributed by atoms with Gasteiger partial charge in [-0.05, 0) is 20.3 Å². The van der Waals surface area contributed by atoms with Gasteiger partial charge in [0.2, 0.25) is 15.9 Å². The van der Waals surface area contributed by atoms with Crippen molar-refractivity contribution in [3.63, 3.8) is 0 Å². The molecule has 0 bridgehead atoms. The van der Waals surface area contributed by atoms with Crippen molar-refractivity contribution < 1.29 is 22.5 Å². The number of hydrogen-bond acceptors (Lipinski definition) is 7. The van der Waals surface area contributed by atoms with Crippen LogP contribution in [-0.4, -0.2) is 80.7 Å². The highest BCUT2D eigenvalue weighted by Crippen LogP contribution is 2.24. The quantitative estimate of drug-likeness (QED) is 0.770. The molecule has 146 valence electrons. The van der Waals surface area contributed by atoms with Crippen LogP contribution in [0, 0.1) is 13.8 Å². The number of morpholine rings is 1. The third kappa shape index (κ3) is 4.08. The lowest BCUT2D eigenvalue weighted by molar-refractivity contribution is -0.132. The van der Waals surface area contributed by atoms with Crippen LogP contribution >= 0.6 is 0 Å². The molecule has 1 atom stereocenters. The maximum atomic E-state index is 12.9. The van der Waals surface area contributed by atoms with Crippen LogP contribution in [0.3, 0.4) is 0 Å². The summed E-state index contributed by atoms with van der Waals surface area (Å²) in [6.07, 6.45) is 0.972. The summed E-state index contributed by atoms with van der Waals surface area (Å²) in [6, 6.07) is 0.0293. The number of carbonyl (C=O) groups excluding carboxylic acids is 1. The number of nitrogens with zero attached hydrogens (tertiary/aromatic N) is 3. The first-order valence-electron chi connectivity index (χ1n) is 8.91. The summed E-state index contributed by atoms with van der Waals surface area (Å²) in [7, 11) is -3.67. The molecule has 3 rings (SSSR count). The van der Waals surface area contributed by atoms with E-state index in [1.54, 1.807) is 18.7 Å². The molecule has 9 nitrogen and oxygen atoms in total. The summed E-state index contributed by atoms with van der Waals surface area (Å²) in [5, 5.41) is 7.02. The molecule has 1 aromatic heterocycles. The van der Waals surface area contributed by atoms with Crippen molar-refractivity contribution in [3.05, 3.63) is 11.5 Å². The van der Waals surface area contributed by atoms with Crippen molar-refractivity contribution in [2.24, 2.45) is 0 Å². The molecule has 0 aliphatic carbocycles. The first-order valence-corrected chi connectivity index (χ1v) is 10.4. The second-order valence-electron chi connectivity index (χ2n) is 6.72. The summed E-state index contributed by atoms with van der Waals surface area (Å²) < 4.78 is 37.7. The molecule has 1 N–H and O–H groups in total. The van der Waals surface area contributed by atoms with Gasteiger partial charge in [0.05, 0.1) is 13.2 Å². The molecule has 1 aromatic rings. The normalized spacial score (nSPS) is 23.0. The van der Waals surface area contributed by atoms with Gasteiger partial charge in [-0.2, -0.15) is 4.31 Å². The zero-order chi connectivity index (χ0) is 18.7. The number of aryl methyl sites for hydroxylation is 2. The van der Waals surface area contributed by atoms with E-state index in [-0.39, 0.29) is 23.4 Å². The van der Waals surface area contributed by atoms with E-state index in [9.17, 15) is 13.2 Å². The smallest absolute Gasteiger partial charge is 0.248 e. The molecule has 2 fully saturated rings. The second-order valence-corrected chi connectivity index (χ2v) is 8.60. The van der Waals surface area contributed by atoms with Crippen molar-refractivity contribution in [3.8, 4) is 0 Å².